The van der Waals surface area contributed by atoms with Crippen LogP contribution in [-0.2, 0) is 9.84 Å². The molecule has 3 N–H and O–H groups in total. The van der Waals surface area contributed by atoms with Crippen molar-refractivity contribution in [3.8, 4) is 0 Å². The molecule has 0 spiro atoms. The molecule has 0 radical (unpaired) electrons. The van der Waals surface area contributed by atoms with Crippen LogP contribution in [0, 0.1) is 6.92 Å². The molecule has 1 aromatic rings. The van der Waals surface area contributed by atoms with Crippen molar-refractivity contribution in [2.45, 2.75) is 25.5 Å². The van der Waals surface area contributed by atoms with Crippen LogP contribution in [0.3, 0.4) is 0 Å². The Hall–Kier alpha value is -1.14. The maximum absolute atomic E-state index is 11.7. The summed E-state index contributed by atoms with van der Waals surface area (Å²) in [4.78, 5) is 0.295. The Balaban J connectivity index is 2.99. The Morgan fingerprint density at radius 3 is 2.47 bits per heavy atom. The fraction of sp³-hybridized carbons (Fsp3) is 0.462. The lowest BCUT2D eigenvalue weighted by atomic mass is 10.1. The monoisotopic (exact) mass is 300 g/mol. The van der Waals surface area contributed by atoms with Crippen LogP contribution in [0.15, 0.2) is 18.2 Å². The van der Waals surface area contributed by atoms with Gasteiger partial charge in [0.15, 0.2) is 9.84 Å². The van der Waals surface area contributed by atoms with Crippen LogP contribution < -0.4 is 11.1 Å². The van der Waals surface area contributed by atoms with Gasteiger partial charge >= 0.3 is 0 Å². The Morgan fingerprint density at radius 1 is 1.42 bits per heavy atom. The minimum absolute atomic E-state index is 0.295. The molecular weight excluding hydrogens is 280 g/mol. The first-order valence-corrected chi connectivity index (χ1v) is 8.18. The van der Waals surface area contributed by atoms with Gasteiger partial charge < -0.3 is 11.1 Å². The molecular formula is C13H20N2O2S2. The highest BCUT2D eigenvalue weighted by Gasteiger charge is 2.30. The van der Waals surface area contributed by atoms with E-state index in [9.17, 15) is 8.42 Å². The standard InChI is InChI=1S/C13H20N2O2S2/c1-9-5-6-11(10(7-9)12(14)18)15-8-13(2,3)19(4,16)17/h5-7,15H,8H2,1-4H3,(H2,14,18). The lowest BCUT2D eigenvalue weighted by Crippen LogP contribution is -2.38. The van der Waals surface area contributed by atoms with E-state index in [1.807, 2.05) is 25.1 Å². The molecule has 0 amide bonds. The van der Waals surface area contributed by atoms with Crippen LogP contribution in [-0.4, -0.2) is 31.0 Å². The molecule has 0 fully saturated rings. The predicted molar refractivity (Wildman–Crippen MR) is 84.5 cm³/mol. The van der Waals surface area contributed by atoms with Crippen LogP contribution in [0.4, 0.5) is 5.69 Å². The van der Waals surface area contributed by atoms with E-state index in [0.29, 0.717) is 11.5 Å². The lowest BCUT2D eigenvalue weighted by molar-refractivity contribution is 0.560. The van der Waals surface area contributed by atoms with Crippen LogP contribution in [0.2, 0.25) is 0 Å². The van der Waals surface area contributed by atoms with E-state index in [1.54, 1.807) is 13.8 Å². The van der Waals surface area contributed by atoms with Gasteiger partial charge in [-0.25, -0.2) is 8.42 Å². The van der Waals surface area contributed by atoms with Crippen LogP contribution in [0.5, 0.6) is 0 Å². The SMILES string of the molecule is Cc1ccc(NCC(C)(C)S(C)(=O)=O)c(C(N)=S)c1. The van der Waals surface area contributed by atoms with Gasteiger partial charge in [0.05, 0.1) is 4.75 Å². The molecule has 0 unspecified atom stereocenters. The molecule has 0 atom stereocenters. The largest absolute Gasteiger partial charge is 0.389 e. The Labute approximate surface area is 120 Å². The Morgan fingerprint density at radius 2 is 2.00 bits per heavy atom. The molecule has 0 saturated heterocycles. The third kappa shape index (κ3) is 3.91. The van der Waals surface area contributed by atoms with Crippen molar-refractivity contribution in [1.82, 2.24) is 0 Å². The van der Waals surface area contributed by atoms with Gasteiger partial charge in [-0.1, -0.05) is 23.8 Å². The van der Waals surface area contributed by atoms with E-state index in [1.165, 1.54) is 6.26 Å². The Kier molecular flexibility index (Phi) is 4.58. The zero-order chi connectivity index (χ0) is 14.8. The average molecular weight is 300 g/mol. The van der Waals surface area contributed by atoms with Gasteiger partial charge in [-0.05, 0) is 32.9 Å². The zero-order valence-corrected chi connectivity index (χ0v) is 13.3. The smallest absolute Gasteiger partial charge is 0.154 e. The number of nitrogens with two attached hydrogens (primary N) is 1. The summed E-state index contributed by atoms with van der Waals surface area (Å²) in [5.74, 6) is 0. The summed E-state index contributed by atoms with van der Waals surface area (Å²) in [6.45, 7) is 5.62. The van der Waals surface area contributed by atoms with Crippen molar-refractivity contribution in [2.75, 3.05) is 18.1 Å². The first-order valence-electron chi connectivity index (χ1n) is 5.88. The van der Waals surface area contributed by atoms with Gasteiger partial charge in [-0.2, -0.15) is 0 Å². The minimum atomic E-state index is -3.14. The van der Waals surface area contributed by atoms with Crippen molar-refractivity contribution in [3.05, 3.63) is 29.3 Å². The first-order chi connectivity index (χ1) is 8.54. The zero-order valence-electron chi connectivity index (χ0n) is 11.6. The highest BCUT2D eigenvalue weighted by Crippen LogP contribution is 2.21. The molecule has 1 rings (SSSR count). The fourth-order valence-corrected chi connectivity index (χ4v) is 1.96. The predicted octanol–water partition coefficient (Wildman–Crippen LogP) is 1.86. The summed E-state index contributed by atoms with van der Waals surface area (Å²) in [7, 11) is -3.14. The molecule has 0 heterocycles. The summed E-state index contributed by atoms with van der Waals surface area (Å²) in [6, 6.07) is 5.68. The number of benzene rings is 1. The highest BCUT2D eigenvalue weighted by atomic mass is 32.2. The van der Waals surface area contributed by atoms with Crippen molar-refractivity contribution in [2.24, 2.45) is 5.73 Å². The highest BCUT2D eigenvalue weighted by molar-refractivity contribution is 7.92. The molecule has 6 heteroatoms. The minimum Gasteiger partial charge on any atom is -0.389 e. The van der Waals surface area contributed by atoms with Crippen molar-refractivity contribution >= 4 is 32.7 Å². The van der Waals surface area contributed by atoms with Crippen molar-refractivity contribution in [3.63, 3.8) is 0 Å². The summed E-state index contributed by atoms with van der Waals surface area (Å²) in [6.07, 6.45) is 1.23. The van der Waals surface area contributed by atoms with Crippen LogP contribution in [0.1, 0.15) is 25.0 Å². The number of thiocarbonyl (C=S) groups is 1. The van der Waals surface area contributed by atoms with E-state index < -0.39 is 14.6 Å². The van der Waals surface area contributed by atoms with Crippen LogP contribution in [0.25, 0.3) is 0 Å². The number of aryl methyl sites for hydroxylation is 1. The van der Waals surface area contributed by atoms with Crippen molar-refractivity contribution < 1.29 is 8.42 Å². The summed E-state index contributed by atoms with van der Waals surface area (Å²) < 4.78 is 22.5. The van der Waals surface area contributed by atoms with E-state index in [-0.39, 0.29) is 0 Å². The normalized spacial score (nSPS) is 12.2. The molecule has 0 aliphatic heterocycles. The Bertz CT molecular complexity index is 593. The van der Waals surface area contributed by atoms with E-state index >= 15 is 0 Å². The molecule has 0 aliphatic carbocycles. The molecule has 0 aliphatic rings. The molecule has 0 saturated carbocycles. The molecule has 0 aromatic heterocycles. The maximum atomic E-state index is 11.7. The number of rotatable bonds is 5. The average Bonchev–Trinajstić information content (AvgIpc) is 2.25. The summed E-state index contributed by atoms with van der Waals surface area (Å²) in [5, 5.41) is 3.12. The van der Waals surface area contributed by atoms with Gasteiger partial charge in [0.2, 0.25) is 0 Å². The van der Waals surface area contributed by atoms with Crippen molar-refractivity contribution in [1.29, 1.82) is 0 Å². The quantitative estimate of drug-likeness (QED) is 0.812. The van der Waals surface area contributed by atoms with Gasteiger partial charge in [0, 0.05) is 24.1 Å². The van der Waals surface area contributed by atoms with Gasteiger partial charge in [0.25, 0.3) is 0 Å². The molecule has 4 nitrogen and oxygen atoms in total. The second kappa shape index (κ2) is 5.46. The second-order valence-corrected chi connectivity index (χ2v) is 8.39. The maximum Gasteiger partial charge on any atom is 0.154 e. The second-order valence-electron chi connectivity index (χ2n) is 5.30. The van der Waals surface area contributed by atoms with Gasteiger partial charge in [-0.15, -0.1) is 0 Å². The molecule has 19 heavy (non-hydrogen) atoms. The van der Waals surface area contributed by atoms with Crippen LogP contribution >= 0.6 is 12.2 Å². The van der Waals surface area contributed by atoms with Gasteiger partial charge in [0.1, 0.15) is 4.99 Å². The number of sulfone groups is 1. The van der Waals surface area contributed by atoms with E-state index in [0.717, 1.165) is 16.8 Å². The summed E-state index contributed by atoms with van der Waals surface area (Å²) >= 11 is 5.01. The third-order valence-corrected chi connectivity index (χ3v) is 5.52. The van der Waals surface area contributed by atoms with E-state index in [4.69, 9.17) is 18.0 Å². The topological polar surface area (TPSA) is 72.2 Å². The number of hydrogen-bond donors (Lipinski definition) is 2. The molecule has 0 bridgehead atoms. The fourth-order valence-electron chi connectivity index (χ4n) is 1.46. The molecule has 1 aromatic carbocycles. The number of anilines is 1. The summed E-state index contributed by atoms with van der Waals surface area (Å²) in [5.41, 5.74) is 8.23. The third-order valence-electron chi connectivity index (χ3n) is 3.15. The van der Waals surface area contributed by atoms with Gasteiger partial charge in [-0.3, -0.25) is 0 Å². The van der Waals surface area contributed by atoms with E-state index in [2.05, 4.69) is 5.32 Å². The molecule has 106 valence electrons. The number of hydrogen-bond acceptors (Lipinski definition) is 4. The lowest BCUT2D eigenvalue weighted by Gasteiger charge is -2.24. The first kappa shape index (κ1) is 15.9. The number of nitrogens with one attached hydrogen (secondary N) is 1.